The molecule has 0 aliphatic carbocycles. The van der Waals surface area contributed by atoms with Gasteiger partial charge >= 0.3 is 0 Å². The second-order valence-electron chi connectivity index (χ2n) is 5.98. The van der Waals surface area contributed by atoms with Crippen LogP contribution >= 0.6 is 0 Å². The molecule has 0 spiro atoms. The lowest BCUT2D eigenvalue weighted by Crippen LogP contribution is -2.38. The standard InChI is InChI=1S/C15H30N2O3/c1-13(2)11-20-12-14(18)10-16-7-6-15(19)17-8-4-3-5-9-17/h13-14,16,18H,3-12H2,1-2H3. The summed E-state index contributed by atoms with van der Waals surface area (Å²) in [7, 11) is 0. The van der Waals surface area contributed by atoms with Crippen LogP contribution in [0.5, 0.6) is 0 Å². The van der Waals surface area contributed by atoms with Crippen molar-refractivity contribution in [3.05, 3.63) is 0 Å². The van der Waals surface area contributed by atoms with Gasteiger partial charge in [0, 0.05) is 39.2 Å². The SMILES string of the molecule is CC(C)COCC(O)CNCCC(=O)N1CCCCC1. The summed E-state index contributed by atoms with van der Waals surface area (Å²) in [6.07, 6.45) is 3.51. The van der Waals surface area contributed by atoms with E-state index in [4.69, 9.17) is 4.74 Å². The van der Waals surface area contributed by atoms with Crippen LogP contribution in [0, 0.1) is 5.92 Å². The molecule has 5 nitrogen and oxygen atoms in total. The normalized spacial score (nSPS) is 17.5. The lowest BCUT2D eigenvalue weighted by Gasteiger charge is -2.26. The first-order valence-corrected chi connectivity index (χ1v) is 7.84. The number of carbonyl (C=O) groups excluding carboxylic acids is 1. The van der Waals surface area contributed by atoms with Crippen LogP contribution in [-0.4, -0.2) is 61.4 Å². The van der Waals surface area contributed by atoms with Crippen molar-refractivity contribution in [1.82, 2.24) is 10.2 Å². The maximum Gasteiger partial charge on any atom is 0.223 e. The lowest BCUT2D eigenvalue weighted by molar-refractivity contribution is -0.132. The van der Waals surface area contributed by atoms with E-state index in [0.717, 1.165) is 25.9 Å². The minimum Gasteiger partial charge on any atom is -0.389 e. The van der Waals surface area contributed by atoms with Crippen LogP contribution in [0.4, 0.5) is 0 Å². The van der Waals surface area contributed by atoms with Crippen molar-refractivity contribution in [1.29, 1.82) is 0 Å². The molecule has 1 atom stereocenters. The predicted octanol–water partition coefficient (Wildman–Crippen LogP) is 1.01. The van der Waals surface area contributed by atoms with Gasteiger partial charge in [-0.05, 0) is 25.2 Å². The highest BCUT2D eigenvalue weighted by molar-refractivity contribution is 5.76. The van der Waals surface area contributed by atoms with E-state index in [0.29, 0.717) is 38.6 Å². The Morgan fingerprint density at radius 3 is 2.60 bits per heavy atom. The van der Waals surface area contributed by atoms with Gasteiger partial charge < -0.3 is 20.1 Å². The molecule has 0 saturated carbocycles. The van der Waals surface area contributed by atoms with Gasteiger partial charge in [0.1, 0.15) is 0 Å². The number of nitrogens with zero attached hydrogens (tertiary/aromatic N) is 1. The molecule has 20 heavy (non-hydrogen) atoms. The van der Waals surface area contributed by atoms with Crippen molar-refractivity contribution in [3.63, 3.8) is 0 Å². The average molecular weight is 286 g/mol. The van der Waals surface area contributed by atoms with Crippen LogP contribution < -0.4 is 5.32 Å². The number of ether oxygens (including phenoxy) is 1. The summed E-state index contributed by atoms with van der Waals surface area (Å²) in [5, 5.41) is 12.8. The smallest absolute Gasteiger partial charge is 0.223 e. The fraction of sp³-hybridized carbons (Fsp3) is 0.933. The zero-order chi connectivity index (χ0) is 14.8. The van der Waals surface area contributed by atoms with Gasteiger partial charge in [0.25, 0.3) is 0 Å². The third kappa shape index (κ3) is 7.82. The topological polar surface area (TPSA) is 61.8 Å². The highest BCUT2D eigenvalue weighted by Gasteiger charge is 2.15. The van der Waals surface area contributed by atoms with Gasteiger partial charge in [0.2, 0.25) is 5.91 Å². The fourth-order valence-electron chi connectivity index (χ4n) is 2.26. The Bertz CT molecular complexity index is 266. The number of hydrogen-bond acceptors (Lipinski definition) is 4. The van der Waals surface area contributed by atoms with Crippen LogP contribution in [0.3, 0.4) is 0 Å². The van der Waals surface area contributed by atoms with Gasteiger partial charge in [-0.1, -0.05) is 13.8 Å². The zero-order valence-corrected chi connectivity index (χ0v) is 12.9. The number of rotatable bonds is 9. The Labute approximate surface area is 122 Å². The van der Waals surface area contributed by atoms with Crippen LogP contribution in [0.2, 0.25) is 0 Å². The molecule has 0 aromatic carbocycles. The van der Waals surface area contributed by atoms with Gasteiger partial charge in [0.15, 0.2) is 0 Å². The second-order valence-corrected chi connectivity index (χ2v) is 5.98. The summed E-state index contributed by atoms with van der Waals surface area (Å²) in [6, 6.07) is 0. The number of nitrogens with one attached hydrogen (secondary N) is 1. The van der Waals surface area contributed by atoms with Gasteiger partial charge in [-0.2, -0.15) is 0 Å². The Morgan fingerprint density at radius 2 is 1.95 bits per heavy atom. The Kier molecular flexibility index (Phi) is 8.82. The van der Waals surface area contributed by atoms with Gasteiger partial charge in [-0.3, -0.25) is 4.79 Å². The molecule has 0 bridgehead atoms. The quantitative estimate of drug-likeness (QED) is 0.621. The van der Waals surface area contributed by atoms with Crippen molar-refractivity contribution in [3.8, 4) is 0 Å². The Morgan fingerprint density at radius 1 is 1.25 bits per heavy atom. The molecule has 1 fully saturated rings. The molecule has 0 aromatic heterocycles. The summed E-state index contributed by atoms with van der Waals surface area (Å²) >= 11 is 0. The number of amides is 1. The molecular weight excluding hydrogens is 256 g/mol. The van der Waals surface area contributed by atoms with E-state index in [1.54, 1.807) is 0 Å². The third-order valence-corrected chi connectivity index (χ3v) is 3.37. The molecular formula is C15H30N2O3. The first-order valence-electron chi connectivity index (χ1n) is 7.84. The molecule has 1 amide bonds. The summed E-state index contributed by atoms with van der Waals surface area (Å²) in [6.45, 7) is 8.10. The van der Waals surface area contributed by atoms with E-state index < -0.39 is 6.10 Å². The molecule has 0 aromatic rings. The van der Waals surface area contributed by atoms with E-state index >= 15 is 0 Å². The summed E-state index contributed by atoms with van der Waals surface area (Å²) < 4.78 is 5.37. The first-order chi connectivity index (χ1) is 9.59. The monoisotopic (exact) mass is 286 g/mol. The Hall–Kier alpha value is -0.650. The summed E-state index contributed by atoms with van der Waals surface area (Å²) in [5.41, 5.74) is 0. The minimum atomic E-state index is -0.501. The average Bonchev–Trinajstić information content (AvgIpc) is 2.44. The largest absolute Gasteiger partial charge is 0.389 e. The molecule has 1 heterocycles. The molecule has 1 unspecified atom stereocenters. The van der Waals surface area contributed by atoms with Crippen LogP contribution in [0.15, 0.2) is 0 Å². The number of likely N-dealkylation sites (tertiary alicyclic amines) is 1. The number of carbonyl (C=O) groups is 1. The number of aliphatic hydroxyl groups excluding tert-OH is 1. The Balaban J connectivity index is 1.98. The van der Waals surface area contributed by atoms with E-state index in [9.17, 15) is 9.90 Å². The third-order valence-electron chi connectivity index (χ3n) is 3.37. The molecule has 5 heteroatoms. The molecule has 1 rings (SSSR count). The van der Waals surface area contributed by atoms with Gasteiger partial charge in [0.05, 0.1) is 12.7 Å². The van der Waals surface area contributed by atoms with Crippen LogP contribution in [0.1, 0.15) is 39.5 Å². The number of piperidine rings is 1. The molecule has 1 aliphatic heterocycles. The van der Waals surface area contributed by atoms with Crippen molar-refractivity contribution in [2.45, 2.75) is 45.6 Å². The zero-order valence-electron chi connectivity index (χ0n) is 12.9. The van der Waals surface area contributed by atoms with E-state index in [1.807, 2.05) is 4.90 Å². The molecule has 118 valence electrons. The van der Waals surface area contributed by atoms with Crippen LogP contribution in [0.25, 0.3) is 0 Å². The fourth-order valence-corrected chi connectivity index (χ4v) is 2.26. The van der Waals surface area contributed by atoms with E-state index in [2.05, 4.69) is 19.2 Å². The highest BCUT2D eigenvalue weighted by atomic mass is 16.5. The van der Waals surface area contributed by atoms with Crippen molar-refractivity contribution >= 4 is 5.91 Å². The van der Waals surface area contributed by atoms with E-state index in [1.165, 1.54) is 6.42 Å². The van der Waals surface area contributed by atoms with Crippen molar-refractivity contribution < 1.29 is 14.6 Å². The number of hydrogen-bond donors (Lipinski definition) is 2. The summed E-state index contributed by atoms with van der Waals surface area (Å²) in [5.74, 6) is 0.708. The minimum absolute atomic E-state index is 0.225. The molecule has 0 radical (unpaired) electrons. The highest BCUT2D eigenvalue weighted by Crippen LogP contribution is 2.09. The van der Waals surface area contributed by atoms with Gasteiger partial charge in [-0.15, -0.1) is 0 Å². The van der Waals surface area contributed by atoms with Crippen molar-refractivity contribution in [2.24, 2.45) is 5.92 Å². The van der Waals surface area contributed by atoms with Crippen molar-refractivity contribution in [2.75, 3.05) is 39.4 Å². The maximum atomic E-state index is 11.9. The number of aliphatic hydroxyl groups is 1. The van der Waals surface area contributed by atoms with Crippen LogP contribution in [-0.2, 0) is 9.53 Å². The molecule has 1 saturated heterocycles. The van der Waals surface area contributed by atoms with Gasteiger partial charge in [-0.25, -0.2) is 0 Å². The first kappa shape index (κ1) is 17.4. The second kappa shape index (κ2) is 10.1. The maximum absolute atomic E-state index is 11.9. The molecule has 2 N–H and O–H groups in total. The van der Waals surface area contributed by atoms with E-state index in [-0.39, 0.29) is 5.91 Å². The summed E-state index contributed by atoms with van der Waals surface area (Å²) in [4.78, 5) is 13.8. The lowest BCUT2D eigenvalue weighted by atomic mass is 10.1. The predicted molar refractivity (Wildman–Crippen MR) is 79.6 cm³/mol. The molecule has 1 aliphatic rings.